The van der Waals surface area contributed by atoms with E-state index in [1.165, 1.54) is 12.1 Å². The zero-order valence-corrected chi connectivity index (χ0v) is 12.3. The van der Waals surface area contributed by atoms with Gasteiger partial charge in [-0.1, -0.05) is 23.7 Å². The van der Waals surface area contributed by atoms with Gasteiger partial charge >= 0.3 is 5.97 Å². The number of carboxylic acid groups (broad SMARTS) is 1. The number of rotatable bonds is 3. The molecule has 1 aromatic heterocycles. The molecule has 0 aliphatic heterocycles. The maximum absolute atomic E-state index is 12.0. The Morgan fingerprint density at radius 2 is 1.90 bits per heavy atom. The molecule has 2 N–H and O–H groups in total. The monoisotopic (exact) mass is 354 g/mol. The van der Waals surface area contributed by atoms with Gasteiger partial charge in [0.15, 0.2) is 0 Å². The van der Waals surface area contributed by atoms with Crippen molar-refractivity contribution >= 4 is 45.1 Å². The van der Waals surface area contributed by atoms with Gasteiger partial charge in [0.1, 0.15) is 10.8 Å². The highest BCUT2D eigenvalue weighted by atomic mass is 79.9. The van der Waals surface area contributed by atoms with Crippen molar-refractivity contribution in [3.63, 3.8) is 0 Å². The first-order chi connectivity index (χ1) is 9.49. The first-order valence-corrected chi connectivity index (χ1v) is 6.62. The number of para-hydroxylation sites is 1. The van der Waals surface area contributed by atoms with Gasteiger partial charge in [0.05, 0.1) is 11.3 Å². The zero-order chi connectivity index (χ0) is 14.7. The molecule has 0 atom stereocenters. The van der Waals surface area contributed by atoms with E-state index in [1.807, 2.05) is 0 Å². The van der Waals surface area contributed by atoms with Crippen molar-refractivity contribution in [3.05, 3.63) is 57.3 Å². The van der Waals surface area contributed by atoms with E-state index in [0.29, 0.717) is 4.47 Å². The van der Waals surface area contributed by atoms with Crippen LogP contribution in [0.25, 0.3) is 0 Å². The number of aromatic carboxylic acids is 1. The second kappa shape index (κ2) is 6.02. The van der Waals surface area contributed by atoms with Crippen molar-refractivity contribution in [2.75, 3.05) is 5.32 Å². The normalized spacial score (nSPS) is 10.1. The smallest absolute Gasteiger partial charge is 0.337 e. The summed E-state index contributed by atoms with van der Waals surface area (Å²) in [6.45, 7) is 0. The van der Waals surface area contributed by atoms with Gasteiger partial charge in [-0.3, -0.25) is 4.79 Å². The summed E-state index contributed by atoms with van der Waals surface area (Å²) < 4.78 is 0.466. The molecule has 0 radical (unpaired) electrons. The first-order valence-electron chi connectivity index (χ1n) is 5.45. The van der Waals surface area contributed by atoms with Crippen LogP contribution in [0.4, 0.5) is 5.69 Å². The van der Waals surface area contributed by atoms with Gasteiger partial charge in [0.25, 0.3) is 5.91 Å². The quantitative estimate of drug-likeness (QED) is 0.827. The number of benzene rings is 1. The Morgan fingerprint density at radius 1 is 1.20 bits per heavy atom. The molecule has 7 heteroatoms. The van der Waals surface area contributed by atoms with Crippen molar-refractivity contribution in [2.45, 2.75) is 0 Å². The number of aromatic nitrogens is 1. The van der Waals surface area contributed by atoms with E-state index in [2.05, 4.69) is 26.2 Å². The van der Waals surface area contributed by atoms with Gasteiger partial charge in [0.2, 0.25) is 0 Å². The second-order valence-electron chi connectivity index (χ2n) is 3.77. The molecule has 0 bridgehead atoms. The third kappa shape index (κ3) is 3.15. The summed E-state index contributed by atoms with van der Waals surface area (Å²) in [5, 5.41) is 11.8. The van der Waals surface area contributed by atoms with Crippen LogP contribution in [0.5, 0.6) is 0 Å². The summed E-state index contributed by atoms with van der Waals surface area (Å²) in [6, 6.07) is 9.21. The molecular weight excluding hydrogens is 348 g/mol. The first kappa shape index (κ1) is 14.5. The number of carboxylic acids is 1. The molecule has 20 heavy (non-hydrogen) atoms. The third-order valence-electron chi connectivity index (χ3n) is 2.43. The topological polar surface area (TPSA) is 79.3 Å². The third-order valence-corrected chi connectivity index (χ3v) is 3.30. The standard InChI is InChI=1S/C13H8BrClN2O3/c14-8-4-1-3-7(13(19)20)11(8)17-12(18)9-5-2-6-10(15)16-9/h1-6H,(H,17,18)(H,19,20). The number of amides is 1. The fourth-order valence-corrected chi connectivity index (χ4v) is 2.17. The van der Waals surface area contributed by atoms with E-state index in [0.717, 1.165) is 0 Å². The van der Waals surface area contributed by atoms with Crippen LogP contribution < -0.4 is 5.32 Å². The van der Waals surface area contributed by atoms with Crippen LogP contribution in [0.3, 0.4) is 0 Å². The van der Waals surface area contributed by atoms with Crippen LogP contribution in [-0.4, -0.2) is 22.0 Å². The van der Waals surface area contributed by atoms with Crippen LogP contribution in [0.2, 0.25) is 5.15 Å². The average Bonchev–Trinajstić information content (AvgIpc) is 2.40. The lowest BCUT2D eigenvalue weighted by Crippen LogP contribution is -2.16. The highest BCUT2D eigenvalue weighted by Gasteiger charge is 2.16. The number of pyridine rings is 1. The lowest BCUT2D eigenvalue weighted by Gasteiger charge is -2.10. The van der Waals surface area contributed by atoms with Gasteiger partial charge in [-0.05, 0) is 40.2 Å². The SMILES string of the molecule is O=C(Nc1c(Br)cccc1C(=O)O)c1cccc(Cl)n1. The fourth-order valence-electron chi connectivity index (χ4n) is 1.54. The number of carbonyl (C=O) groups excluding carboxylic acids is 1. The largest absolute Gasteiger partial charge is 0.478 e. The van der Waals surface area contributed by atoms with Crippen LogP contribution in [-0.2, 0) is 0 Å². The predicted molar refractivity (Wildman–Crippen MR) is 78.3 cm³/mol. The Hall–Kier alpha value is -1.92. The lowest BCUT2D eigenvalue weighted by atomic mass is 10.1. The van der Waals surface area contributed by atoms with Crippen molar-refractivity contribution in [2.24, 2.45) is 0 Å². The highest BCUT2D eigenvalue weighted by Crippen LogP contribution is 2.27. The molecule has 0 spiro atoms. The van der Waals surface area contributed by atoms with Gasteiger partial charge in [-0.2, -0.15) is 0 Å². The number of nitrogens with one attached hydrogen (secondary N) is 1. The Kier molecular flexibility index (Phi) is 4.36. The minimum atomic E-state index is -1.14. The minimum Gasteiger partial charge on any atom is -0.478 e. The molecule has 0 saturated carbocycles. The number of hydrogen-bond donors (Lipinski definition) is 2. The Bertz CT molecular complexity index is 691. The minimum absolute atomic E-state index is 0.0187. The van der Waals surface area contributed by atoms with Crippen LogP contribution in [0.15, 0.2) is 40.9 Å². The molecule has 0 saturated heterocycles. The number of carbonyl (C=O) groups is 2. The molecule has 0 unspecified atom stereocenters. The van der Waals surface area contributed by atoms with E-state index in [9.17, 15) is 9.59 Å². The van der Waals surface area contributed by atoms with Gasteiger partial charge in [-0.15, -0.1) is 0 Å². The molecule has 102 valence electrons. The summed E-state index contributed by atoms with van der Waals surface area (Å²) in [6.07, 6.45) is 0. The maximum atomic E-state index is 12.0. The summed E-state index contributed by atoms with van der Waals surface area (Å²) in [4.78, 5) is 27.0. The van der Waals surface area contributed by atoms with E-state index >= 15 is 0 Å². The molecule has 0 aliphatic rings. The molecule has 1 aromatic carbocycles. The van der Waals surface area contributed by atoms with Crippen LogP contribution in [0.1, 0.15) is 20.8 Å². The van der Waals surface area contributed by atoms with Crippen molar-refractivity contribution in [3.8, 4) is 0 Å². The van der Waals surface area contributed by atoms with Crippen molar-refractivity contribution in [1.29, 1.82) is 0 Å². The molecule has 2 aromatic rings. The van der Waals surface area contributed by atoms with Gasteiger partial charge in [0, 0.05) is 4.47 Å². The summed E-state index contributed by atoms with van der Waals surface area (Å²) in [5.41, 5.74) is 0.256. The number of hydrogen-bond acceptors (Lipinski definition) is 3. The lowest BCUT2D eigenvalue weighted by molar-refractivity contribution is 0.0698. The molecule has 1 amide bonds. The van der Waals surface area contributed by atoms with E-state index < -0.39 is 11.9 Å². The highest BCUT2D eigenvalue weighted by molar-refractivity contribution is 9.10. The van der Waals surface area contributed by atoms with Crippen molar-refractivity contribution in [1.82, 2.24) is 4.98 Å². The molecule has 5 nitrogen and oxygen atoms in total. The van der Waals surface area contributed by atoms with E-state index in [-0.39, 0.29) is 22.1 Å². The number of halogens is 2. The van der Waals surface area contributed by atoms with E-state index in [4.69, 9.17) is 16.7 Å². The summed E-state index contributed by atoms with van der Waals surface area (Å²) in [5.74, 6) is -1.68. The van der Waals surface area contributed by atoms with Crippen LogP contribution >= 0.6 is 27.5 Å². The number of nitrogens with zero attached hydrogens (tertiary/aromatic N) is 1. The van der Waals surface area contributed by atoms with Crippen molar-refractivity contribution < 1.29 is 14.7 Å². The van der Waals surface area contributed by atoms with Gasteiger partial charge in [-0.25, -0.2) is 9.78 Å². The average molecular weight is 356 g/mol. The van der Waals surface area contributed by atoms with Gasteiger partial charge < -0.3 is 10.4 Å². The molecule has 2 rings (SSSR count). The Balaban J connectivity index is 2.35. The van der Waals surface area contributed by atoms with E-state index in [1.54, 1.807) is 24.3 Å². The van der Waals surface area contributed by atoms with Crippen LogP contribution in [0, 0.1) is 0 Å². The molecular formula is C13H8BrClN2O3. The Morgan fingerprint density at radius 3 is 2.55 bits per heavy atom. The summed E-state index contributed by atoms with van der Waals surface area (Å²) in [7, 11) is 0. The Labute approximate surface area is 127 Å². The summed E-state index contributed by atoms with van der Waals surface area (Å²) >= 11 is 8.92. The molecule has 0 fully saturated rings. The number of anilines is 1. The second-order valence-corrected chi connectivity index (χ2v) is 5.01. The predicted octanol–water partition coefficient (Wildman–Crippen LogP) is 3.45. The maximum Gasteiger partial charge on any atom is 0.337 e. The molecule has 0 aliphatic carbocycles. The fraction of sp³-hybridized carbons (Fsp3) is 0. The zero-order valence-electron chi connectivity index (χ0n) is 9.93. The molecule has 1 heterocycles.